The molecule has 1 N–H and O–H groups in total. The molecule has 1 fully saturated rings. The van der Waals surface area contributed by atoms with Crippen LogP contribution in [-0.2, 0) is 11.2 Å². The van der Waals surface area contributed by atoms with Crippen LogP contribution in [0.25, 0.3) is 10.5 Å². The first kappa shape index (κ1) is 28.0. The number of nitrogens with zero attached hydrogens (tertiary/aromatic N) is 4. The molecule has 4 rings (SSSR count). The number of thiol groups is 1. The molecule has 38 heavy (non-hydrogen) atoms. The van der Waals surface area contributed by atoms with Gasteiger partial charge in [0.2, 0.25) is 5.69 Å². The van der Waals surface area contributed by atoms with Gasteiger partial charge in [-0.3, -0.25) is 4.79 Å². The van der Waals surface area contributed by atoms with Crippen molar-refractivity contribution in [1.29, 1.82) is 0 Å². The van der Waals surface area contributed by atoms with Crippen LogP contribution in [0.3, 0.4) is 0 Å². The Labute approximate surface area is 233 Å². The van der Waals surface area contributed by atoms with Crippen LogP contribution in [0.1, 0.15) is 50.2 Å². The molecule has 0 saturated heterocycles. The van der Waals surface area contributed by atoms with E-state index in [1.807, 2.05) is 18.3 Å². The number of halogens is 1. The van der Waals surface area contributed by atoms with Crippen LogP contribution in [0.2, 0.25) is 5.02 Å². The SMILES string of the molecule is [C-]#[N+]c1ccc(OC2C(C)(C)C(NC(=O)c3ccc(-n4cc(CCCOCS)nn4)cc3)C2(C)C)cc1Cl. The lowest BCUT2D eigenvalue weighted by molar-refractivity contribution is -0.164. The summed E-state index contributed by atoms with van der Waals surface area (Å²) in [6.07, 6.45) is 3.34. The third kappa shape index (κ3) is 5.68. The predicted octanol–water partition coefficient (Wildman–Crippen LogP) is 5.92. The van der Waals surface area contributed by atoms with E-state index >= 15 is 0 Å². The van der Waals surface area contributed by atoms with Gasteiger partial charge in [-0.1, -0.05) is 50.6 Å². The minimum Gasteiger partial charge on any atom is -0.489 e. The highest BCUT2D eigenvalue weighted by molar-refractivity contribution is 7.80. The van der Waals surface area contributed by atoms with Crippen molar-refractivity contribution in [2.24, 2.45) is 10.8 Å². The topological polar surface area (TPSA) is 82.6 Å². The van der Waals surface area contributed by atoms with Gasteiger partial charge in [0.25, 0.3) is 5.91 Å². The average molecular weight is 554 g/mol. The number of hydrogen-bond donors (Lipinski definition) is 2. The summed E-state index contributed by atoms with van der Waals surface area (Å²) in [4.78, 5) is 16.6. The Kier molecular flexibility index (Phi) is 8.36. The van der Waals surface area contributed by atoms with E-state index in [2.05, 4.69) is 60.8 Å². The van der Waals surface area contributed by atoms with Crippen molar-refractivity contribution in [3.8, 4) is 11.4 Å². The molecule has 1 saturated carbocycles. The van der Waals surface area contributed by atoms with Crippen LogP contribution in [-0.4, -0.2) is 45.6 Å². The molecule has 1 heterocycles. The van der Waals surface area contributed by atoms with Gasteiger partial charge in [0, 0.05) is 29.0 Å². The highest BCUT2D eigenvalue weighted by Gasteiger charge is 2.64. The molecule has 2 aromatic carbocycles. The molecular weight excluding hydrogens is 522 g/mol. The van der Waals surface area contributed by atoms with E-state index < -0.39 is 0 Å². The number of aryl methyl sites for hydroxylation is 1. The molecule has 0 unspecified atom stereocenters. The Morgan fingerprint density at radius 1 is 1.18 bits per heavy atom. The standard InChI is InChI=1S/C28H32ClN5O3S/c1-27(2)25(28(3,4)26(27)37-21-12-13-23(30-5)22(29)15-21)31-24(35)18-8-10-20(11-9-18)34-16-19(32-33-34)7-6-14-36-17-38/h8-13,15-16,25-26,38H,6-7,14,17H2,1-4H3,(H,31,35). The third-order valence-electron chi connectivity index (χ3n) is 7.16. The number of aromatic nitrogens is 3. The van der Waals surface area contributed by atoms with Crippen molar-refractivity contribution >= 4 is 35.8 Å². The van der Waals surface area contributed by atoms with Gasteiger partial charge in [0.1, 0.15) is 11.9 Å². The zero-order valence-corrected chi connectivity index (χ0v) is 23.6. The first-order chi connectivity index (χ1) is 18.1. The van der Waals surface area contributed by atoms with Gasteiger partial charge in [0.15, 0.2) is 0 Å². The van der Waals surface area contributed by atoms with E-state index in [-0.39, 0.29) is 28.9 Å². The average Bonchev–Trinajstić information content (AvgIpc) is 3.37. The van der Waals surface area contributed by atoms with E-state index in [1.165, 1.54) is 0 Å². The second-order valence-electron chi connectivity index (χ2n) is 10.6. The van der Waals surface area contributed by atoms with Gasteiger partial charge in [-0.2, -0.15) is 12.6 Å². The number of benzene rings is 2. The Morgan fingerprint density at radius 3 is 2.53 bits per heavy atom. The summed E-state index contributed by atoms with van der Waals surface area (Å²) < 4.78 is 13.3. The number of carbonyl (C=O) groups is 1. The quantitative estimate of drug-likeness (QED) is 0.141. The summed E-state index contributed by atoms with van der Waals surface area (Å²) >= 11 is 10.2. The second kappa shape index (κ2) is 11.4. The highest BCUT2D eigenvalue weighted by atomic mass is 35.5. The van der Waals surface area contributed by atoms with E-state index in [0.717, 1.165) is 24.2 Å². The monoisotopic (exact) mass is 553 g/mol. The molecule has 10 heteroatoms. The van der Waals surface area contributed by atoms with E-state index in [0.29, 0.717) is 34.6 Å². The van der Waals surface area contributed by atoms with Gasteiger partial charge in [-0.05, 0) is 49.2 Å². The molecule has 3 aromatic rings. The van der Waals surface area contributed by atoms with Gasteiger partial charge >= 0.3 is 0 Å². The number of hydrogen-bond acceptors (Lipinski definition) is 6. The second-order valence-corrected chi connectivity index (χ2v) is 11.3. The molecule has 0 bridgehead atoms. The summed E-state index contributed by atoms with van der Waals surface area (Å²) in [6, 6.07) is 12.3. The molecule has 0 radical (unpaired) electrons. The third-order valence-corrected chi connectivity index (χ3v) is 7.64. The molecule has 1 amide bonds. The van der Waals surface area contributed by atoms with Gasteiger partial charge in [-0.15, -0.1) is 5.10 Å². The number of carbonyl (C=O) groups excluding carboxylic acids is 1. The summed E-state index contributed by atoms with van der Waals surface area (Å²) in [6.45, 7) is 16.1. The van der Waals surface area contributed by atoms with Crippen LogP contribution in [0.15, 0.2) is 48.7 Å². The van der Waals surface area contributed by atoms with Crippen molar-refractivity contribution in [2.45, 2.75) is 52.7 Å². The Morgan fingerprint density at radius 2 is 1.89 bits per heavy atom. The summed E-state index contributed by atoms with van der Waals surface area (Å²) in [5, 5.41) is 12.0. The maximum atomic E-state index is 13.2. The molecule has 200 valence electrons. The van der Waals surface area contributed by atoms with E-state index in [1.54, 1.807) is 35.0 Å². The first-order valence-electron chi connectivity index (χ1n) is 12.4. The fourth-order valence-electron chi connectivity index (χ4n) is 5.53. The lowest BCUT2D eigenvalue weighted by Gasteiger charge is -2.63. The lowest BCUT2D eigenvalue weighted by atomic mass is 9.49. The molecule has 0 spiro atoms. The number of ether oxygens (including phenoxy) is 2. The fraction of sp³-hybridized carbons (Fsp3) is 0.429. The van der Waals surface area contributed by atoms with Crippen LogP contribution in [0.4, 0.5) is 5.69 Å². The minimum absolute atomic E-state index is 0.116. The zero-order chi connectivity index (χ0) is 27.5. The molecule has 1 aromatic heterocycles. The van der Waals surface area contributed by atoms with Gasteiger partial charge < -0.3 is 14.8 Å². The van der Waals surface area contributed by atoms with Crippen LogP contribution in [0, 0.1) is 17.4 Å². The molecule has 1 aliphatic rings. The Balaban J connectivity index is 1.39. The predicted molar refractivity (Wildman–Crippen MR) is 150 cm³/mol. The van der Waals surface area contributed by atoms with Crippen LogP contribution in [0.5, 0.6) is 5.75 Å². The fourth-order valence-corrected chi connectivity index (χ4v) is 5.87. The van der Waals surface area contributed by atoms with E-state index in [4.69, 9.17) is 27.6 Å². The zero-order valence-electron chi connectivity index (χ0n) is 21.9. The Hall–Kier alpha value is -3.06. The maximum Gasteiger partial charge on any atom is 0.251 e. The lowest BCUT2D eigenvalue weighted by Crippen LogP contribution is -2.74. The minimum atomic E-state index is -0.334. The smallest absolute Gasteiger partial charge is 0.251 e. The van der Waals surface area contributed by atoms with Crippen molar-refractivity contribution < 1.29 is 14.3 Å². The molecule has 0 aliphatic heterocycles. The molecule has 8 nitrogen and oxygen atoms in total. The van der Waals surface area contributed by atoms with E-state index in [9.17, 15) is 4.79 Å². The van der Waals surface area contributed by atoms with Crippen LogP contribution >= 0.6 is 24.2 Å². The number of amides is 1. The number of rotatable bonds is 10. The summed E-state index contributed by atoms with van der Waals surface area (Å²) in [5.74, 6) is 0.871. The summed E-state index contributed by atoms with van der Waals surface area (Å²) in [7, 11) is 0. The maximum absolute atomic E-state index is 13.2. The van der Waals surface area contributed by atoms with Crippen molar-refractivity contribution in [2.75, 3.05) is 12.5 Å². The molecule has 1 aliphatic carbocycles. The summed E-state index contributed by atoms with van der Waals surface area (Å²) in [5.41, 5.74) is 1.99. The highest BCUT2D eigenvalue weighted by Crippen LogP contribution is 2.55. The molecular formula is C28H32ClN5O3S. The normalized spacial score (nSPS) is 19.3. The largest absolute Gasteiger partial charge is 0.489 e. The van der Waals surface area contributed by atoms with Crippen molar-refractivity contribution in [1.82, 2.24) is 20.3 Å². The Bertz CT molecular complexity index is 1320. The van der Waals surface area contributed by atoms with Crippen molar-refractivity contribution in [3.05, 3.63) is 76.4 Å². The number of nitrogens with one attached hydrogen (secondary N) is 1. The van der Waals surface area contributed by atoms with Crippen LogP contribution < -0.4 is 10.1 Å². The molecule has 0 atom stereocenters. The van der Waals surface area contributed by atoms with Gasteiger partial charge in [-0.25, -0.2) is 9.53 Å². The first-order valence-corrected chi connectivity index (χ1v) is 13.4. The van der Waals surface area contributed by atoms with Gasteiger partial charge in [0.05, 0.1) is 35.1 Å². The van der Waals surface area contributed by atoms with Crippen molar-refractivity contribution in [3.63, 3.8) is 0 Å².